The molecule has 1 unspecified atom stereocenters. The molecule has 1 atom stereocenters. The van der Waals surface area contributed by atoms with E-state index in [1.807, 2.05) is 13.8 Å². The molecule has 1 heterocycles. The number of aromatic hydroxyl groups is 2. The summed E-state index contributed by atoms with van der Waals surface area (Å²) < 4.78 is 0. The van der Waals surface area contributed by atoms with Crippen LogP contribution in [0.25, 0.3) is 10.6 Å². The Balaban J connectivity index is 2.46. The molecule has 2 rings (SSSR count). The standard InChI is InChI=1S/C12H14N2O2S/c1-6(13)11-7(2)14-12(17-11)8-3-4-9(15)10(16)5-8/h3-6,15-16H,13H2,1-2H3. The van der Waals surface area contributed by atoms with Crippen LogP contribution in [0.2, 0.25) is 0 Å². The van der Waals surface area contributed by atoms with Crippen molar-refractivity contribution in [1.82, 2.24) is 4.98 Å². The molecule has 1 aromatic heterocycles. The third kappa shape index (κ3) is 2.25. The molecule has 4 nitrogen and oxygen atoms in total. The Kier molecular flexibility index (Phi) is 3.04. The second kappa shape index (κ2) is 4.35. The van der Waals surface area contributed by atoms with Crippen LogP contribution in [-0.2, 0) is 0 Å². The monoisotopic (exact) mass is 250 g/mol. The molecule has 2 aromatic rings. The molecule has 1 aromatic carbocycles. The Morgan fingerprint density at radius 3 is 2.53 bits per heavy atom. The summed E-state index contributed by atoms with van der Waals surface area (Å²) in [5, 5.41) is 19.5. The molecule has 0 aliphatic rings. The Hall–Kier alpha value is -1.59. The van der Waals surface area contributed by atoms with Gasteiger partial charge in [0.15, 0.2) is 11.5 Å². The molecule has 0 amide bonds. The van der Waals surface area contributed by atoms with Crippen LogP contribution in [0.5, 0.6) is 11.5 Å². The number of hydrogen-bond donors (Lipinski definition) is 3. The highest BCUT2D eigenvalue weighted by molar-refractivity contribution is 7.15. The summed E-state index contributed by atoms with van der Waals surface area (Å²) in [5.74, 6) is -0.271. The maximum absolute atomic E-state index is 9.45. The fourth-order valence-electron chi connectivity index (χ4n) is 1.61. The normalized spacial score (nSPS) is 12.6. The van der Waals surface area contributed by atoms with Gasteiger partial charge in [-0.2, -0.15) is 0 Å². The van der Waals surface area contributed by atoms with E-state index in [0.717, 1.165) is 21.1 Å². The van der Waals surface area contributed by atoms with E-state index < -0.39 is 0 Å². The van der Waals surface area contributed by atoms with Crippen LogP contribution >= 0.6 is 11.3 Å². The average molecular weight is 250 g/mol. The first-order valence-electron chi connectivity index (χ1n) is 5.24. The fourth-order valence-corrected chi connectivity index (χ4v) is 2.63. The van der Waals surface area contributed by atoms with Crippen LogP contribution in [0.4, 0.5) is 0 Å². The van der Waals surface area contributed by atoms with Gasteiger partial charge in [0.1, 0.15) is 5.01 Å². The first kappa shape index (κ1) is 11.9. The molecule has 0 bridgehead atoms. The zero-order valence-corrected chi connectivity index (χ0v) is 10.5. The van der Waals surface area contributed by atoms with Gasteiger partial charge in [-0.1, -0.05) is 0 Å². The Bertz CT molecular complexity index is 549. The quantitative estimate of drug-likeness (QED) is 0.716. The van der Waals surface area contributed by atoms with Gasteiger partial charge in [-0.05, 0) is 32.0 Å². The van der Waals surface area contributed by atoms with Gasteiger partial charge in [0.25, 0.3) is 0 Å². The smallest absolute Gasteiger partial charge is 0.158 e. The summed E-state index contributed by atoms with van der Waals surface area (Å²) in [4.78, 5) is 5.45. The van der Waals surface area contributed by atoms with Crippen molar-refractivity contribution in [1.29, 1.82) is 0 Å². The maximum atomic E-state index is 9.45. The molecule has 4 N–H and O–H groups in total. The number of rotatable bonds is 2. The van der Waals surface area contributed by atoms with E-state index in [4.69, 9.17) is 5.73 Å². The van der Waals surface area contributed by atoms with Crippen molar-refractivity contribution in [2.75, 3.05) is 0 Å². The summed E-state index contributed by atoms with van der Waals surface area (Å²) in [6.07, 6.45) is 0. The van der Waals surface area contributed by atoms with E-state index in [0.29, 0.717) is 0 Å². The number of thiazole rings is 1. The zero-order valence-electron chi connectivity index (χ0n) is 9.64. The van der Waals surface area contributed by atoms with Crippen molar-refractivity contribution >= 4 is 11.3 Å². The van der Waals surface area contributed by atoms with Crippen molar-refractivity contribution in [2.45, 2.75) is 19.9 Å². The van der Waals surface area contributed by atoms with E-state index in [-0.39, 0.29) is 17.5 Å². The lowest BCUT2D eigenvalue weighted by Crippen LogP contribution is -2.03. The van der Waals surface area contributed by atoms with E-state index >= 15 is 0 Å². The third-order valence-electron chi connectivity index (χ3n) is 2.47. The van der Waals surface area contributed by atoms with Gasteiger partial charge in [0.05, 0.1) is 5.69 Å². The van der Waals surface area contributed by atoms with Gasteiger partial charge >= 0.3 is 0 Å². The van der Waals surface area contributed by atoms with Crippen LogP contribution in [-0.4, -0.2) is 15.2 Å². The highest BCUT2D eigenvalue weighted by Crippen LogP contribution is 2.35. The molecule has 0 aliphatic heterocycles. The Labute approximate surface area is 103 Å². The molecule has 0 fully saturated rings. The summed E-state index contributed by atoms with van der Waals surface area (Å²) in [6, 6.07) is 4.62. The summed E-state index contributed by atoms with van der Waals surface area (Å²) >= 11 is 1.51. The van der Waals surface area contributed by atoms with Crippen molar-refractivity contribution in [3.63, 3.8) is 0 Å². The largest absolute Gasteiger partial charge is 0.504 e. The molecular weight excluding hydrogens is 236 g/mol. The molecule has 0 aliphatic carbocycles. The van der Waals surface area contributed by atoms with E-state index in [1.165, 1.54) is 23.5 Å². The maximum Gasteiger partial charge on any atom is 0.158 e. The van der Waals surface area contributed by atoms with Crippen molar-refractivity contribution in [3.05, 3.63) is 28.8 Å². The lowest BCUT2D eigenvalue weighted by atomic mass is 10.2. The van der Waals surface area contributed by atoms with Gasteiger partial charge in [-0.3, -0.25) is 0 Å². The molecule has 0 saturated carbocycles. The summed E-state index contributed by atoms with van der Waals surface area (Å²) in [6.45, 7) is 3.83. The van der Waals surface area contributed by atoms with Crippen molar-refractivity contribution in [3.8, 4) is 22.1 Å². The topological polar surface area (TPSA) is 79.4 Å². The summed E-state index contributed by atoms with van der Waals surface area (Å²) in [5.41, 5.74) is 7.53. The van der Waals surface area contributed by atoms with Crippen molar-refractivity contribution < 1.29 is 10.2 Å². The van der Waals surface area contributed by atoms with Gasteiger partial charge in [0.2, 0.25) is 0 Å². The average Bonchev–Trinajstić information content (AvgIpc) is 2.64. The van der Waals surface area contributed by atoms with Gasteiger partial charge in [-0.25, -0.2) is 4.98 Å². The van der Waals surface area contributed by atoms with E-state index in [9.17, 15) is 10.2 Å². The number of nitrogens with zero attached hydrogens (tertiary/aromatic N) is 1. The highest BCUT2D eigenvalue weighted by atomic mass is 32.1. The van der Waals surface area contributed by atoms with Gasteiger partial charge < -0.3 is 15.9 Å². The number of aryl methyl sites for hydroxylation is 1. The van der Waals surface area contributed by atoms with E-state index in [2.05, 4.69) is 4.98 Å². The minimum Gasteiger partial charge on any atom is -0.504 e. The number of hydrogen-bond acceptors (Lipinski definition) is 5. The number of nitrogens with two attached hydrogens (primary N) is 1. The molecular formula is C12H14N2O2S. The molecule has 5 heteroatoms. The molecule has 0 spiro atoms. The van der Waals surface area contributed by atoms with Crippen LogP contribution in [0, 0.1) is 6.92 Å². The zero-order chi connectivity index (χ0) is 12.6. The summed E-state index contributed by atoms with van der Waals surface area (Å²) in [7, 11) is 0. The van der Waals surface area contributed by atoms with E-state index in [1.54, 1.807) is 6.07 Å². The van der Waals surface area contributed by atoms with Gasteiger partial charge in [-0.15, -0.1) is 11.3 Å². The predicted molar refractivity (Wildman–Crippen MR) is 68.2 cm³/mol. The second-order valence-electron chi connectivity index (χ2n) is 3.96. The van der Waals surface area contributed by atoms with Crippen molar-refractivity contribution in [2.24, 2.45) is 5.73 Å². The highest BCUT2D eigenvalue weighted by Gasteiger charge is 2.13. The Morgan fingerprint density at radius 1 is 1.29 bits per heavy atom. The third-order valence-corrected chi connectivity index (χ3v) is 3.88. The van der Waals surface area contributed by atoms with Crippen LogP contribution < -0.4 is 5.73 Å². The van der Waals surface area contributed by atoms with Crippen LogP contribution in [0.3, 0.4) is 0 Å². The number of phenols is 2. The molecule has 17 heavy (non-hydrogen) atoms. The fraction of sp³-hybridized carbons (Fsp3) is 0.250. The van der Waals surface area contributed by atoms with Crippen LogP contribution in [0.1, 0.15) is 23.5 Å². The predicted octanol–water partition coefficient (Wildman–Crippen LogP) is 2.55. The number of aromatic nitrogens is 1. The molecule has 0 radical (unpaired) electrons. The first-order chi connectivity index (χ1) is 7.99. The van der Waals surface area contributed by atoms with Crippen LogP contribution in [0.15, 0.2) is 18.2 Å². The molecule has 90 valence electrons. The minimum atomic E-state index is -0.141. The second-order valence-corrected chi connectivity index (χ2v) is 4.99. The van der Waals surface area contributed by atoms with Gasteiger partial charge in [0, 0.05) is 16.5 Å². The first-order valence-corrected chi connectivity index (χ1v) is 6.06. The minimum absolute atomic E-state index is 0.0491. The SMILES string of the molecule is Cc1nc(-c2ccc(O)c(O)c2)sc1C(C)N. The number of phenolic OH excluding ortho intramolecular Hbond substituents is 2. The lowest BCUT2D eigenvalue weighted by Gasteiger charge is -2.00. The molecule has 0 saturated heterocycles. The lowest BCUT2D eigenvalue weighted by molar-refractivity contribution is 0.404. The Morgan fingerprint density at radius 2 is 2.00 bits per heavy atom. The number of benzene rings is 1.